The van der Waals surface area contributed by atoms with Crippen LogP contribution < -0.4 is 5.32 Å². The van der Waals surface area contributed by atoms with E-state index in [0.717, 1.165) is 31.5 Å². The molecule has 0 aromatic heterocycles. The fraction of sp³-hybridized carbons (Fsp3) is 0.500. The van der Waals surface area contributed by atoms with Crippen molar-refractivity contribution in [2.75, 3.05) is 18.4 Å². The highest BCUT2D eigenvalue weighted by atomic mass is 35.5. The molecule has 2 amide bonds. The fourth-order valence-electron chi connectivity index (χ4n) is 2.60. The van der Waals surface area contributed by atoms with Gasteiger partial charge in [0.05, 0.1) is 0 Å². The summed E-state index contributed by atoms with van der Waals surface area (Å²) in [6.45, 7) is 5.48. The highest BCUT2D eigenvalue weighted by Crippen LogP contribution is 2.23. The van der Waals surface area contributed by atoms with Crippen LogP contribution >= 0.6 is 11.6 Å². The van der Waals surface area contributed by atoms with Gasteiger partial charge in [-0.25, -0.2) is 0 Å². The maximum atomic E-state index is 12.1. The minimum absolute atomic E-state index is 0.0984. The molecule has 0 radical (unpaired) electrons. The lowest BCUT2D eigenvalue weighted by atomic mass is 10.00. The minimum atomic E-state index is -0.288. The summed E-state index contributed by atoms with van der Waals surface area (Å²) in [6.07, 6.45) is 2.05. The molecule has 21 heavy (non-hydrogen) atoms. The minimum Gasteiger partial charge on any atom is -0.342 e. The number of hydrogen-bond donors (Lipinski definition) is 1. The molecule has 2 rings (SSSR count). The second kappa shape index (κ2) is 6.94. The van der Waals surface area contributed by atoms with Crippen molar-refractivity contribution in [1.82, 2.24) is 4.90 Å². The second-order valence-electron chi connectivity index (χ2n) is 5.72. The molecule has 0 spiro atoms. The third-order valence-corrected chi connectivity index (χ3v) is 4.27. The molecule has 1 aliphatic heterocycles. The number of carbonyl (C=O) groups is 2. The molecule has 1 N–H and O–H groups in total. The Kier molecular flexibility index (Phi) is 5.23. The average Bonchev–Trinajstić information content (AvgIpc) is 2.44. The largest absolute Gasteiger partial charge is 0.342 e. The average molecular weight is 309 g/mol. The molecule has 5 heteroatoms. The van der Waals surface area contributed by atoms with E-state index in [2.05, 4.69) is 12.2 Å². The molecule has 1 saturated heterocycles. The van der Waals surface area contributed by atoms with Crippen molar-refractivity contribution in [3.05, 3.63) is 28.8 Å². The first-order valence-electron chi connectivity index (χ1n) is 7.30. The Morgan fingerprint density at radius 3 is 2.90 bits per heavy atom. The third kappa shape index (κ3) is 4.21. The molecule has 4 nitrogen and oxygen atoms in total. The third-order valence-electron chi connectivity index (χ3n) is 3.86. The molecule has 1 aliphatic rings. The van der Waals surface area contributed by atoms with E-state index in [1.54, 1.807) is 23.1 Å². The van der Waals surface area contributed by atoms with Crippen molar-refractivity contribution in [3.63, 3.8) is 0 Å². The highest BCUT2D eigenvalue weighted by molar-refractivity contribution is 6.31. The summed E-state index contributed by atoms with van der Waals surface area (Å²) in [4.78, 5) is 25.9. The smallest absolute Gasteiger partial charge is 0.233 e. The lowest BCUT2D eigenvalue weighted by Crippen LogP contribution is -2.40. The first-order chi connectivity index (χ1) is 9.97. The van der Waals surface area contributed by atoms with E-state index >= 15 is 0 Å². The van der Waals surface area contributed by atoms with Crippen LogP contribution in [0.3, 0.4) is 0 Å². The van der Waals surface area contributed by atoms with Crippen molar-refractivity contribution in [3.8, 4) is 0 Å². The van der Waals surface area contributed by atoms with Crippen molar-refractivity contribution in [1.29, 1.82) is 0 Å². The summed E-state index contributed by atoms with van der Waals surface area (Å²) in [5, 5.41) is 3.36. The van der Waals surface area contributed by atoms with Crippen molar-refractivity contribution < 1.29 is 9.59 Å². The number of benzene rings is 1. The summed E-state index contributed by atoms with van der Waals surface area (Å²) in [5.41, 5.74) is 1.47. The SMILES string of the molecule is Cc1c(Cl)cccc1NC(=O)CC(=O)N1CCCC(C)C1. The Morgan fingerprint density at radius 2 is 2.19 bits per heavy atom. The number of carbonyl (C=O) groups excluding carboxylic acids is 2. The van der Waals surface area contributed by atoms with Crippen LogP contribution in [0.25, 0.3) is 0 Å². The second-order valence-corrected chi connectivity index (χ2v) is 6.13. The number of likely N-dealkylation sites (tertiary alicyclic amines) is 1. The molecule has 1 heterocycles. The number of nitrogens with one attached hydrogen (secondary N) is 1. The predicted octanol–water partition coefficient (Wildman–Crippen LogP) is 3.24. The van der Waals surface area contributed by atoms with E-state index in [0.29, 0.717) is 16.6 Å². The van der Waals surface area contributed by atoms with Crippen LogP contribution in [0, 0.1) is 12.8 Å². The maximum Gasteiger partial charge on any atom is 0.233 e. The van der Waals surface area contributed by atoms with Gasteiger partial charge < -0.3 is 10.2 Å². The molecule has 0 bridgehead atoms. The van der Waals surface area contributed by atoms with Gasteiger partial charge in [0, 0.05) is 23.8 Å². The van der Waals surface area contributed by atoms with Gasteiger partial charge in [0.25, 0.3) is 0 Å². The summed E-state index contributed by atoms with van der Waals surface area (Å²) in [7, 11) is 0. The number of anilines is 1. The molecule has 1 atom stereocenters. The van der Waals surface area contributed by atoms with Crippen LogP contribution in [-0.4, -0.2) is 29.8 Å². The van der Waals surface area contributed by atoms with Crippen molar-refractivity contribution in [2.45, 2.75) is 33.1 Å². The molecule has 1 aromatic carbocycles. The van der Waals surface area contributed by atoms with Crippen LogP contribution in [0.5, 0.6) is 0 Å². The standard InChI is InChI=1S/C16H21ClN2O2/c1-11-5-4-8-19(10-11)16(21)9-15(20)18-14-7-3-6-13(17)12(14)2/h3,6-7,11H,4-5,8-10H2,1-2H3,(H,18,20). The topological polar surface area (TPSA) is 49.4 Å². The molecular formula is C16H21ClN2O2. The molecule has 1 fully saturated rings. The Labute approximate surface area is 130 Å². The zero-order chi connectivity index (χ0) is 15.4. The summed E-state index contributed by atoms with van der Waals surface area (Å²) in [5.74, 6) is 0.128. The van der Waals surface area contributed by atoms with E-state index in [4.69, 9.17) is 11.6 Å². The lowest BCUT2D eigenvalue weighted by Gasteiger charge is -2.30. The summed E-state index contributed by atoms with van der Waals surface area (Å²) in [6, 6.07) is 5.33. The molecular weight excluding hydrogens is 288 g/mol. The van der Waals surface area contributed by atoms with Gasteiger partial charge >= 0.3 is 0 Å². The van der Waals surface area contributed by atoms with E-state index in [9.17, 15) is 9.59 Å². The van der Waals surface area contributed by atoms with E-state index in [-0.39, 0.29) is 18.2 Å². The Bertz CT molecular complexity index is 545. The first-order valence-corrected chi connectivity index (χ1v) is 7.68. The predicted molar refractivity (Wildman–Crippen MR) is 84.4 cm³/mol. The normalized spacial score (nSPS) is 18.4. The molecule has 0 saturated carbocycles. The number of piperidine rings is 1. The van der Waals surface area contributed by atoms with Gasteiger partial charge in [0.1, 0.15) is 6.42 Å². The Hall–Kier alpha value is -1.55. The van der Waals surface area contributed by atoms with Gasteiger partial charge in [-0.15, -0.1) is 0 Å². The number of nitrogens with zero attached hydrogens (tertiary/aromatic N) is 1. The monoisotopic (exact) mass is 308 g/mol. The van der Waals surface area contributed by atoms with Gasteiger partial charge in [0.2, 0.25) is 11.8 Å². The molecule has 114 valence electrons. The van der Waals surface area contributed by atoms with Crippen LogP contribution in [0.1, 0.15) is 31.7 Å². The number of hydrogen-bond acceptors (Lipinski definition) is 2. The van der Waals surface area contributed by atoms with Crippen molar-refractivity contribution >= 4 is 29.1 Å². The van der Waals surface area contributed by atoms with E-state index < -0.39 is 0 Å². The maximum absolute atomic E-state index is 12.1. The van der Waals surface area contributed by atoms with Gasteiger partial charge in [-0.1, -0.05) is 24.6 Å². The zero-order valence-electron chi connectivity index (χ0n) is 12.5. The van der Waals surface area contributed by atoms with Gasteiger partial charge in [0.15, 0.2) is 0 Å². The fourth-order valence-corrected chi connectivity index (χ4v) is 2.78. The Morgan fingerprint density at radius 1 is 1.43 bits per heavy atom. The summed E-state index contributed by atoms with van der Waals surface area (Å²) >= 11 is 6.01. The van der Waals surface area contributed by atoms with E-state index in [1.807, 2.05) is 6.92 Å². The molecule has 0 aliphatic carbocycles. The highest BCUT2D eigenvalue weighted by Gasteiger charge is 2.22. The number of amides is 2. The number of rotatable bonds is 3. The first kappa shape index (κ1) is 15.8. The van der Waals surface area contributed by atoms with E-state index in [1.165, 1.54) is 0 Å². The van der Waals surface area contributed by atoms with Crippen LogP contribution in [0.15, 0.2) is 18.2 Å². The molecule has 1 unspecified atom stereocenters. The van der Waals surface area contributed by atoms with Gasteiger partial charge in [-0.2, -0.15) is 0 Å². The van der Waals surface area contributed by atoms with Crippen LogP contribution in [0.4, 0.5) is 5.69 Å². The van der Waals surface area contributed by atoms with Crippen molar-refractivity contribution in [2.24, 2.45) is 5.92 Å². The Balaban J connectivity index is 1.92. The summed E-state index contributed by atoms with van der Waals surface area (Å²) < 4.78 is 0. The molecule has 1 aromatic rings. The van der Waals surface area contributed by atoms with Crippen LogP contribution in [-0.2, 0) is 9.59 Å². The quantitative estimate of drug-likeness (QED) is 0.872. The number of halogens is 1. The van der Waals surface area contributed by atoms with Crippen LogP contribution in [0.2, 0.25) is 5.02 Å². The van der Waals surface area contributed by atoms with Gasteiger partial charge in [-0.3, -0.25) is 9.59 Å². The lowest BCUT2D eigenvalue weighted by molar-refractivity contribution is -0.136. The zero-order valence-corrected chi connectivity index (χ0v) is 13.2. The van der Waals surface area contributed by atoms with Gasteiger partial charge in [-0.05, 0) is 43.4 Å².